The molecular weight excluding hydrogens is 460 g/mol. The third-order valence-corrected chi connectivity index (χ3v) is 5.97. The Morgan fingerprint density at radius 3 is 2.41 bits per heavy atom. The number of aromatic nitrogens is 2. The molecule has 0 bridgehead atoms. The standard InChI is InChI=1S/C19H27BrN4O4S/c1-10-7-13(8-14(19(4,5)6)16(10)29(21,26)27)23-18-22-9-15(20)17(24-18)28-12(3)11(2)25/h7-9,11-12,25H,1-6H3,(H2,21,26,27)(H,22,23,24)/t11-,12-/m1/s1. The molecule has 1 aromatic carbocycles. The molecule has 0 aliphatic heterocycles. The number of primary sulfonamides is 1. The summed E-state index contributed by atoms with van der Waals surface area (Å²) in [5, 5.41) is 18.2. The number of nitrogens with zero attached hydrogens (tertiary/aromatic N) is 2. The number of nitrogens with two attached hydrogens (primary N) is 1. The molecule has 2 atom stereocenters. The van der Waals surface area contributed by atoms with Gasteiger partial charge in [-0.15, -0.1) is 0 Å². The number of aliphatic hydroxyl groups excluding tert-OH is 1. The average molecular weight is 487 g/mol. The summed E-state index contributed by atoms with van der Waals surface area (Å²) in [7, 11) is -3.88. The zero-order valence-corrected chi connectivity index (χ0v) is 19.7. The molecule has 160 valence electrons. The van der Waals surface area contributed by atoms with Crippen molar-refractivity contribution in [1.29, 1.82) is 0 Å². The molecule has 0 unspecified atom stereocenters. The Bertz CT molecular complexity index is 1000. The van der Waals surface area contributed by atoms with Gasteiger partial charge in [-0.05, 0) is 65.4 Å². The van der Waals surface area contributed by atoms with E-state index >= 15 is 0 Å². The summed E-state index contributed by atoms with van der Waals surface area (Å²) >= 11 is 3.33. The second-order valence-electron chi connectivity index (χ2n) is 8.00. The van der Waals surface area contributed by atoms with Crippen LogP contribution < -0.4 is 15.2 Å². The summed E-state index contributed by atoms with van der Waals surface area (Å²) < 4.78 is 30.5. The number of hydrogen-bond acceptors (Lipinski definition) is 7. The molecule has 0 radical (unpaired) electrons. The molecule has 1 aromatic heterocycles. The summed E-state index contributed by atoms with van der Waals surface area (Å²) in [5.41, 5.74) is 1.29. The van der Waals surface area contributed by atoms with Crippen molar-refractivity contribution in [3.63, 3.8) is 0 Å². The molecule has 0 spiro atoms. The van der Waals surface area contributed by atoms with Gasteiger partial charge in [0.2, 0.25) is 21.9 Å². The highest BCUT2D eigenvalue weighted by Crippen LogP contribution is 2.34. The summed E-state index contributed by atoms with van der Waals surface area (Å²) in [5.74, 6) is 0.549. The smallest absolute Gasteiger partial charge is 0.238 e. The summed E-state index contributed by atoms with van der Waals surface area (Å²) in [4.78, 5) is 8.69. The van der Waals surface area contributed by atoms with Crippen LogP contribution in [0.1, 0.15) is 45.7 Å². The first kappa shape index (κ1) is 23.5. The van der Waals surface area contributed by atoms with E-state index in [-0.39, 0.29) is 16.7 Å². The van der Waals surface area contributed by atoms with Crippen LogP contribution in [0.5, 0.6) is 5.88 Å². The van der Waals surface area contributed by atoms with E-state index in [0.29, 0.717) is 21.3 Å². The van der Waals surface area contributed by atoms with Crippen molar-refractivity contribution in [2.75, 3.05) is 5.32 Å². The molecule has 29 heavy (non-hydrogen) atoms. The van der Waals surface area contributed by atoms with Crippen molar-refractivity contribution in [1.82, 2.24) is 9.97 Å². The first-order chi connectivity index (χ1) is 13.2. The second-order valence-corrected chi connectivity index (χ2v) is 10.4. The number of halogens is 1. The molecule has 0 aliphatic carbocycles. The quantitative estimate of drug-likeness (QED) is 0.570. The molecule has 4 N–H and O–H groups in total. The average Bonchev–Trinajstić information content (AvgIpc) is 2.55. The first-order valence-electron chi connectivity index (χ1n) is 9.02. The van der Waals surface area contributed by atoms with E-state index in [1.54, 1.807) is 32.9 Å². The van der Waals surface area contributed by atoms with Gasteiger partial charge in [-0.3, -0.25) is 0 Å². The third-order valence-electron chi connectivity index (χ3n) is 4.31. The van der Waals surface area contributed by atoms with Crippen LogP contribution in [0.3, 0.4) is 0 Å². The van der Waals surface area contributed by atoms with Crippen LogP contribution in [0, 0.1) is 6.92 Å². The molecule has 8 nitrogen and oxygen atoms in total. The Hall–Kier alpha value is -1.75. The lowest BCUT2D eigenvalue weighted by Crippen LogP contribution is -2.26. The van der Waals surface area contributed by atoms with E-state index in [1.807, 2.05) is 20.8 Å². The van der Waals surface area contributed by atoms with Gasteiger partial charge < -0.3 is 15.2 Å². The molecule has 2 aromatic rings. The minimum absolute atomic E-state index is 0.127. The summed E-state index contributed by atoms with van der Waals surface area (Å²) in [6.07, 6.45) is 0.407. The van der Waals surface area contributed by atoms with Crippen LogP contribution in [0.25, 0.3) is 0 Å². The third kappa shape index (κ3) is 5.88. The number of ether oxygens (including phenoxy) is 1. The topological polar surface area (TPSA) is 127 Å². The number of rotatable bonds is 6. The fourth-order valence-electron chi connectivity index (χ4n) is 2.68. The van der Waals surface area contributed by atoms with Crippen molar-refractivity contribution in [2.45, 2.75) is 64.1 Å². The van der Waals surface area contributed by atoms with Gasteiger partial charge in [0.05, 0.1) is 21.7 Å². The molecular formula is C19H27BrN4O4S. The van der Waals surface area contributed by atoms with Crippen molar-refractivity contribution in [3.8, 4) is 5.88 Å². The van der Waals surface area contributed by atoms with Gasteiger partial charge >= 0.3 is 0 Å². The van der Waals surface area contributed by atoms with Gasteiger partial charge in [-0.1, -0.05) is 20.8 Å². The Labute approximate surface area is 180 Å². The summed E-state index contributed by atoms with van der Waals surface area (Å²) in [6, 6.07) is 3.41. The number of hydrogen-bond donors (Lipinski definition) is 3. The van der Waals surface area contributed by atoms with Gasteiger partial charge in [0.1, 0.15) is 6.10 Å². The number of aryl methyl sites for hydroxylation is 1. The van der Waals surface area contributed by atoms with Crippen molar-refractivity contribution < 1.29 is 18.3 Å². The van der Waals surface area contributed by atoms with E-state index in [2.05, 4.69) is 31.2 Å². The molecule has 0 saturated carbocycles. The Morgan fingerprint density at radius 2 is 1.90 bits per heavy atom. The second kappa shape index (κ2) is 8.55. The van der Waals surface area contributed by atoms with Gasteiger partial charge in [0.25, 0.3) is 0 Å². The van der Waals surface area contributed by atoms with Crippen LogP contribution >= 0.6 is 15.9 Å². The predicted octanol–water partition coefficient (Wildman–Crippen LogP) is 3.38. The minimum atomic E-state index is -3.88. The monoisotopic (exact) mass is 486 g/mol. The number of aliphatic hydroxyl groups is 1. The maximum atomic E-state index is 12.1. The zero-order valence-electron chi connectivity index (χ0n) is 17.3. The lowest BCUT2D eigenvalue weighted by atomic mass is 9.85. The Kier molecular flexibility index (Phi) is 6.93. The van der Waals surface area contributed by atoms with E-state index in [1.165, 1.54) is 6.20 Å². The van der Waals surface area contributed by atoms with Gasteiger partial charge in [-0.2, -0.15) is 4.98 Å². The SMILES string of the molecule is Cc1cc(Nc2ncc(Br)c(O[C@H](C)[C@@H](C)O)n2)cc(C(C)(C)C)c1S(N)(=O)=O. The van der Waals surface area contributed by atoms with Crippen LogP contribution in [-0.4, -0.2) is 35.7 Å². The molecule has 0 amide bonds. The molecule has 0 saturated heterocycles. The van der Waals surface area contributed by atoms with Crippen LogP contribution in [0.15, 0.2) is 27.7 Å². The lowest BCUT2D eigenvalue weighted by Gasteiger charge is -2.24. The van der Waals surface area contributed by atoms with E-state index in [4.69, 9.17) is 9.88 Å². The first-order valence-corrected chi connectivity index (χ1v) is 11.4. The number of anilines is 2. The van der Waals surface area contributed by atoms with E-state index in [0.717, 1.165) is 0 Å². The molecule has 2 rings (SSSR count). The molecule has 1 heterocycles. The molecule has 10 heteroatoms. The predicted molar refractivity (Wildman–Crippen MR) is 116 cm³/mol. The Morgan fingerprint density at radius 1 is 1.28 bits per heavy atom. The van der Waals surface area contributed by atoms with Crippen molar-refractivity contribution >= 4 is 37.6 Å². The lowest BCUT2D eigenvalue weighted by molar-refractivity contribution is 0.0569. The highest BCUT2D eigenvalue weighted by atomic mass is 79.9. The van der Waals surface area contributed by atoms with Crippen molar-refractivity contribution in [3.05, 3.63) is 33.9 Å². The number of sulfonamides is 1. The van der Waals surface area contributed by atoms with Crippen LogP contribution in [0.4, 0.5) is 11.6 Å². The zero-order chi connectivity index (χ0) is 22.1. The van der Waals surface area contributed by atoms with Crippen molar-refractivity contribution in [2.24, 2.45) is 5.14 Å². The van der Waals surface area contributed by atoms with E-state index in [9.17, 15) is 13.5 Å². The fourth-order valence-corrected chi connectivity index (χ4v) is 4.14. The largest absolute Gasteiger partial charge is 0.471 e. The van der Waals surface area contributed by atoms with E-state index < -0.39 is 27.6 Å². The highest BCUT2D eigenvalue weighted by molar-refractivity contribution is 9.10. The molecule has 0 fully saturated rings. The van der Waals surface area contributed by atoms with Crippen LogP contribution in [-0.2, 0) is 15.4 Å². The summed E-state index contributed by atoms with van der Waals surface area (Å²) in [6.45, 7) is 10.8. The van der Waals surface area contributed by atoms with Gasteiger partial charge in [-0.25, -0.2) is 18.5 Å². The minimum Gasteiger partial charge on any atom is -0.471 e. The molecule has 0 aliphatic rings. The maximum absolute atomic E-state index is 12.1. The van der Waals surface area contributed by atoms with Gasteiger partial charge in [0, 0.05) is 5.69 Å². The number of nitrogens with one attached hydrogen (secondary N) is 1. The fraction of sp³-hybridized carbons (Fsp3) is 0.474. The highest BCUT2D eigenvalue weighted by Gasteiger charge is 2.26. The number of benzene rings is 1. The Balaban J connectivity index is 2.46. The normalized spacial score (nSPS) is 14.4. The van der Waals surface area contributed by atoms with Crippen LogP contribution in [0.2, 0.25) is 0 Å². The van der Waals surface area contributed by atoms with Gasteiger partial charge in [0.15, 0.2) is 0 Å². The maximum Gasteiger partial charge on any atom is 0.238 e.